The monoisotopic (exact) mass is 372 g/mol. The average Bonchev–Trinajstić information content (AvgIpc) is 2.58. The lowest BCUT2D eigenvalue weighted by molar-refractivity contribution is -0.175. The molecule has 1 aliphatic heterocycles. The van der Waals surface area contributed by atoms with Gasteiger partial charge in [-0.05, 0) is 31.4 Å². The van der Waals surface area contributed by atoms with E-state index in [1.165, 1.54) is 0 Å². The molecule has 2 rings (SSSR count). The van der Waals surface area contributed by atoms with Crippen molar-refractivity contribution in [3.05, 3.63) is 35.4 Å². The van der Waals surface area contributed by atoms with Crippen LogP contribution in [0.3, 0.4) is 0 Å². The Morgan fingerprint density at radius 1 is 1.23 bits per heavy atom. The van der Waals surface area contributed by atoms with Gasteiger partial charge < -0.3 is 15.0 Å². The van der Waals surface area contributed by atoms with Crippen LogP contribution in [0.5, 0.6) is 0 Å². The molecule has 0 atom stereocenters. The van der Waals surface area contributed by atoms with Gasteiger partial charge in [-0.25, -0.2) is 0 Å². The molecule has 8 heteroatoms. The second-order valence-electron chi connectivity index (χ2n) is 6.36. The summed E-state index contributed by atoms with van der Waals surface area (Å²) >= 11 is 0. The number of hydrogen-bond donors (Lipinski definition) is 1. The van der Waals surface area contributed by atoms with Gasteiger partial charge >= 0.3 is 6.18 Å². The standard InChI is InChI=1S/C18H23F3N2O3/c1-13-4-2-3-5-15(13)17(25)22-14-6-9-23(10-7-14)16(24)8-11-26-12-18(19,20)21/h2-5,14H,6-12H2,1H3,(H,22,25). The van der Waals surface area contributed by atoms with Crippen molar-refractivity contribution >= 4 is 11.8 Å². The number of rotatable bonds is 6. The highest BCUT2D eigenvalue weighted by Gasteiger charge is 2.28. The van der Waals surface area contributed by atoms with Gasteiger partial charge in [0.1, 0.15) is 6.61 Å². The molecule has 26 heavy (non-hydrogen) atoms. The molecule has 1 fully saturated rings. The van der Waals surface area contributed by atoms with E-state index in [9.17, 15) is 22.8 Å². The van der Waals surface area contributed by atoms with Crippen LogP contribution in [0.1, 0.15) is 35.2 Å². The van der Waals surface area contributed by atoms with Crippen molar-refractivity contribution in [2.45, 2.75) is 38.4 Å². The largest absolute Gasteiger partial charge is 0.411 e. The van der Waals surface area contributed by atoms with Gasteiger partial charge in [-0.1, -0.05) is 18.2 Å². The third kappa shape index (κ3) is 6.33. The van der Waals surface area contributed by atoms with E-state index in [0.29, 0.717) is 31.5 Å². The molecule has 1 heterocycles. The minimum atomic E-state index is -4.38. The Bertz CT molecular complexity index is 626. The van der Waals surface area contributed by atoms with Crippen LogP contribution in [0, 0.1) is 6.92 Å². The van der Waals surface area contributed by atoms with Crippen LogP contribution in [-0.4, -0.2) is 55.2 Å². The number of halogens is 3. The maximum atomic E-state index is 12.3. The Balaban J connectivity index is 1.71. The van der Waals surface area contributed by atoms with E-state index < -0.39 is 12.8 Å². The van der Waals surface area contributed by atoms with E-state index in [-0.39, 0.29) is 30.9 Å². The first-order valence-corrected chi connectivity index (χ1v) is 8.55. The van der Waals surface area contributed by atoms with E-state index in [1.807, 2.05) is 25.1 Å². The van der Waals surface area contributed by atoms with Crippen LogP contribution in [0.4, 0.5) is 13.2 Å². The smallest absolute Gasteiger partial charge is 0.372 e. The molecular weight excluding hydrogens is 349 g/mol. The Labute approximate surface area is 150 Å². The summed E-state index contributed by atoms with van der Waals surface area (Å²) in [5, 5.41) is 2.98. The maximum absolute atomic E-state index is 12.3. The molecule has 0 unspecified atom stereocenters. The summed E-state index contributed by atoms with van der Waals surface area (Å²) in [4.78, 5) is 25.9. The summed E-state index contributed by atoms with van der Waals surface area (Å²) in [5.41, 5.74) is 1.53. The van der Waals surface area contributed by atoms with Crippen LogP contribution in [0.15, 0.2) is 24.3 Å². The topological polar surface area (TPSA) is 58.6 Å². The highest BCUT2D eigenvalue weighted by Crippen LogP contribution is 2.16. The first-order chi connectivity index (χ1) is 12.3. The number of alkyl halides is 3. The lowest BCUT2D eigenvalue weighted by Gasteiger charge is -2.32. The quantitative estimate of drug-likeness (QED) is 0.781. The van der Waals surface area contributed by atoms with Crippen molar-refractivity contribution < 1.29 is 27.5 Å². The van der Waals surface area contributed by atoms with Crippen LogP contribution >= 0.6 is 0 Å². The molecule has 0 radical (unpaired) electrons. The minimum Gasteiger partial charge on any atom is -0.372 e. The molecular formula is C18H23F3N2O3. The van der Waals surface area contributed by atoms with Crippen molar-refractivity contribution in [2.24, 2.45) is 0 Å². The summed E-state index contributed by atoms with van der Waals surface area (Å²) in [6.07, 6.45) is -3.22. The summed E-state index contributed by atoms with van der Waals surface area (Å²) in [7, 11) is 0. The van der Waals surface area contributed by atoms with Crippen LogP contribution in [0.2, 0.25) is 0 Å². The summed E-state index contributed by atoms with van der Waals surface area (Å²) in [6.45, 7) is 1.22. The van der Waals surface area contributed by atoms with E-state index in [1.54, 1.807) is 11.0 Å². The minimum absolute atomic E-state index is 0.0207. The number of benzene rings is 1. The fourth-order valence-corrected chi connectivity index (χ4v) is 2.87. The van der Waals surface area contributed by atoms with Gasteiger partial charge in [0.25, 0.3) is 5.91 Å². The Hall–Kier alpha value is -2.09. The maximum Gasteiger partial charge on any atom is 0.411 e. The Kier molecular flexibility index (Phi) is 7.02. The van der Waals surface area contributed by atoms with Crippen molar-refractivity contribution in [1.29, 1.82) is 0 Å². The van der Waals surface area contributed by atoms with E-state index in [0.717, 1.165) is 5.56 Å². The first kappa shape index (κ1) is 20.2. The van der Waals surface area contributed by atoms with E-state index in [4.69, 9.17) is 0 Å². The summed E-state index contributed by atoms with van der Waals surface area (Å²) in [6, 6.07) is 7.30. The van der Waals surface area contributed by atoms with Gasteiger partial charge in [0.15, 0.2) is 0 Å². The zero-order valence-electron chi connectivity index (χ0n) is 14.6. The van der Waals surface area contributed by atoms with Crippen LogP contribution in [-0.2, 0) is 9.53 Å². The number of hydrogen-bond acceptors (Lipinski definition) is 3. The molecule has 0 saturated carbocycles. The van der Waals surface area contributed by atoms with Gasteiger partial charge in [0, 0.05) is 24.7 Å². The SMILES string of the molecule is Cc1ccccc1C(=O)NC1CCN(C(=O)CCOCC(F)(F)F)CC1. The van der Waals surface area contributed by atoms with E-state index in [2.05, 4.69) is 10.1 Å². The second kappa shape index (κ2) is 9.02. The predicted molar refractivity (Wildman–Crippen MR) is 89.7 cm³/mol. The van der Waals surface area contributed by atoms with Gasteiger partial charge in [-0.2, -0.15) is 13.2 Å². The van der Waals surface area contributed by atoms with Gasteiger partial charge in [-0.15, -0.1) is 0 Å². The van der Waals surface area contributed by atoms with Crippen molar-refractivity contribution in [3.8, 4) is 0 Å². The van der Waals surface area contributed by atoms with Crippen molar-refractivity contribution in [2.75, 3.05) is 26.3 Å². The highest BCUT2D eigenvalue weighted by atomic mass is 19.4. The third-order valence-electron chi connectivity index (χ3n) is 4.30. The molecule has 1 aromatic carbocycles. The number of carbonyl (C=O) groups is 2. The summed E-state index contributed by atoms with van der Waals surface area (Å²) in [5.74, 6) is -0.357. The molecule has 0 aromatic heterocycles. The molecule has 144 valence electrons. The van der Waals surface area contributed by atoms with Gasteiger partial charge in [-0.3, -0.25) is 9.59 Å². The number of piperidine rings is 1. The molecule has 1 saturated heterocycles. The zero-order chi connectivity index (χ0) is 19.2. The number of likely N-dealkylation sites (tertiary alicyclic amines) is 1. The number of ether oxygens (including phenoxy) is 1. The summed E-state index contributed by atoms with van der Waals surface area (Å²) < 4.78 is 40.4. The second-order valence-corrected chi connectivity index (χ2v) is 6.36. The molecule has 0 bridgehead atoms. The van der Waals surface area contributed by atoms with Gasteiger partial charge in [0.2, 0.25) is 5.91 Å². The number of amides is 2. The normalized spacial score (nSPS) is 15.8. The third-order valence-corrected chi connectivity index (χ3v) is 4.30. The van der Waals surface area contributed by atoms with E-state index >= 15 is 0 Å². The molecule has 2 amide bonds. The molecule has 5 nitrogen and oxygen atoms in total. The number of aryl methyl sites for hydroxylation is 1. The van der Waals surface area contributed by atoms with Crippen molar-refractivity contribution in [1.82, 2.24) is 10.2 Å². The fourth-order valence-electron chi connectivity index (χ4n) is 2.87. The fraction of sp³-hybridized carbons (Fsp3) is 0.556. The highest BCUT2D eigenvalue weighted by molar-refractivity contribution is 5.95. The molecule has 0 spiro atoms. The lowest BCUT2D eigenvalue weighted by Crippen LogP contribution is -2.46. The zero-order valence-corrected chi connectivity index (χ0v) is 14.6. The number of nitrogens with one attached hydrogen (secondary N) is 1. The average molecular weight is 372 g/mol. The molecule has 0 aliphatic carbocycles. The Morgan fingerprint density at radius 3 is 2.50 bits per heavy atom. The predicted octanol–water partition coefficient (Wildman–Crippen LogP) is 2.68. The Morgan fingerprint density at radius 2 is 1.88 bits per heavy atom. The number of nitrogens with zero attached hydrogens (tertiary/aromatic N) is 1. The first-order valence-electron chi connectivity index (χ1n) is 8.55. The number of carbonyl (C=O) groups excluding carboxylic acids is 2. The van der Waals surface area contributed by atoms with Gasteiger partial charge in [0.05, 0.1) is 13.0 Å². The molecule has 1 aromatic rings. The van der Waals surface area contributed by atoms with Crippen molar-refractivity contribution in [3.63, 3.8) is 0 Å². The molecule has 1 N–H and O–H groups in total. The lowest BCUT2D eigenvalue weighted by atomic mass is 10.0. The van der Waals surface area contributed by atoms with Crippen LogP contribution < -0.4 is 5.32 Å². The van der Waals surface area contributed by atoms with Crippen LogP contribution in [0.25, 0.3) is 0 Å². The molecule has 1 aliphatic rings.